The van der Waals surface area contributed by atoms with Crippen LogP contribution in [0.1, 0.15) is 49.7 Å². The predicted molar refractivity (Wildman–Crippen MR) is 65.0 cm³/mol. The van der Waals surface area contributed by atoms with Crippen LogP contribution in [0.4, 0.5) is 0 Å². The Morgan fingerprint density at radius 1 is 1.44 bits per heavy atom. The van der Waals surface area contributed by atoms with Gasteiger partial charge in [0.25, 0.3) is 0 Å². The van der Waals surface area contributed by atoms with E-state index in [1.165, 1.54) is 0 Å². The summed E-state index contributed by atoms with van der Waals surface area (Å²) in [5.41, 5.74) is 0.733. The highest BCUT2D eigenvalue weighted by Gasteiger charge is 2.08. The normalized spacial score (nSPS) is 12.4. The number of rotatable bonds is 7. The molecule has 1 N–H and O–H groups in total. The zero-order valence-corrected chi connectivity index (χ0v) is 9.89. The molecule has 1 aromatic rings. The molecule has 3 nitrogen and oxygen atoms in total. The fourth-order valence-corrected chi connectivity index (χ4v) is 1.61. The van der Waals surface area contributed by atoms with Gasteiger partial charge in [-0.2, -0.15) is 0 Å². The maximum absolute atomic E-state index is 9.89. The van der Waals surface area contributed by atoms with E-state index in [0.717, 1.165) is 37.8 Å². The van der Waals surface area contributed by atoms with Gasteiger partial charge < -0.3 is 5.11 Å². The Morgan fingerprint density at radius 3 is 2.94 bits per heavy atom. The zero-order valence-electron chi connectivity index (χ0n) is 9.89. The molecule has 0 amide bonds. The van der Waals surface area contributed by atoms with E-state index in [1.54, 1.807) is 12.3 Å². The number of hydrogen-bond donors (Lipinski definition) is 1. The van der Waals surface area contributed by atoms with Crippen LogP contribution in [0.15, 0.2) is 24.9 Å². The zero-order chi connectivity index (χ0) is 11.8. The van der Waals surface area contributed by atoms with Gasteiger partial charge in [-0.15, -0.1) is 6.58 Å². The average Bonchev–Trinajstić information content (AvgIpc) is 2.28. The summed E-state index contributed by atoms with van der Waals surface area (Å²) in [7, 11) is 0. The number of unbranched alkanes of at least 4 members (excludes halogenated alkanes) is 3. The quantitative estimate of drug-likeness (QED) is 0.567. The number of aliphatic hydroxyl groups is 1. The molecule has 0 radical (unpaired) electrons. The summed E-state index contributed by atoms with van der Waals surface area (Å²) in [6.45, 7) is 5.52. The van der Waals surface area contributed by atoms with E-state index >= 15 is 0 Å². The molecule has 16 heavy (non-hydrogen) atoms. The van der Waals surface area contributed by atoms with Crippen molar-refractivity contribution in [3.8, 4) is 0 Å². The molecule has 0 saturated heterocycles. The monoisotopic (exact) mass is 220 g/mol. The van der Waals surface area contributed by atoms with Gasteiger partial charge in [-0.25, -0.2) is 9.97 Å². The summed E-state index contributed by atoms with van der Waals surface area (Å²) in [6, 6.07) is 1.78. The molecule has 0 saturated carbocycles. The largest absolute Gasteiger partial charge is 0.387 e. The first-order valence-corrected chi connectivity index (χ1v) is 5.82. The predicted octanol–water partition coefficient (Wildman–Crippen LogP) is 2.95. The van der Waals surface area contributed by atoms with Crippen molar-refractivity contribution in [1.82, 2.24) is 9.97 Å². The van der Waals surface area contributed by atoms with Crippen LogP contribution >= 0.6 is 0 Å². The molecular weight excluding hydrogens is 200 g/mol. The lowest BCUT2D eigenvalue weighted by molar-refractivity contribution is 0.158. The van der Waals surface area contributed by atoms with E-state index in [9.17, 15) is 5.11 Å². The van der Waals surface area contributed by atoms with Crippen LogP contribution in [0, 0.1) is 6.92 Å². The summed E-state index contributed by atoms with van der Waals surface area (Å²) < 4.78 is 0. The third-order valence-electron chi connectivity index (χ3n) is 2.52. The lowest BCUT2D eigenvalue weighted by Gasteiger charge is -2.09. The van der Waals surface area contributed by atoms with E-state index < -0.39 is 6.10 Å². The highest BCUT2D eigenvalue weighted by atomic mass is 16.3. The van der Waals surface area contributed by atoms with Crippen LogP contribution in [0.5, 0.6) is 0 Å². The fraction of sp³-hybridized carbons (Fsp3) is 0.538. The minimum atomic E-state index is -0.453. The average molecular weight is 220 g/mol. The molecule has 1 atom stereocenters. The van der Waals surface area contributed by atoms with Crippen LogP contribution in [-0.2, 0) is 0 Å². The van der Waals surface area contributed by atoms with E-state index in [2.05, 4.69) is 16.5 Å². The molecule has 3 heteroatoms. The third-order valence-corrected chi connectivity index (χ3v) is 2.52. The maximum Gasteiger partial charge on any atom is 0.125 e. The first-order valence-electron chi connectivity index (χ1n) is 5.82. The Labute approximate surface area is 97.3 Å². The molecule has 1 heterocycles. The highest BCUT2D eigenvalue weighted by Crippen LogP contribution is 2.17. The smallest absolute Gasteiger partial charge is 0.125 e. The van der Waals surface area contributed by atoms with Crippen molar-refractivity contribution in [3.05, 3.63) is 36.4 Å². The van der Waals surface area contributed by atoms with E-state index in [-0.39, 0.29) is 0 Å². The molecule has 1 rings (SSSR count). The van der Waals surface area contributed by atoms with Gasteiger partial charge in [0, 0.05) is 6.20 Å². The van der Waals surface area contributed by atoms with Gasteiger partial charge >= 0.3 is 0 Å². The maximum atomic E-state index is 9.89. The second kappa shape index (κ2) is 7.12. The van der Waals surface area contributed by atoms with Crippen LogP contribution in [0.2, 0.25) is 0 Å². The molecule has 0 aliphatic carbocycles. The number of hydrogen-bond acceptors (Lipinski definition) is 3. The Balaban J connectivity index is 2.29. The third kappa shape index (κ3) is 4.53. The molecule has 1 unspecified atom stereocenters. The first kappa shape index (κ1) is 12.8. The van der Waals surface area contributed by atoms with E-state index in [4.69, 9.17) is 0 Å². The molecule has 88 valence electrons. The van der Waals surface area contributed by atoms with Crippen molar-refractivity contribution in [2.45, 2.75) is 45.1 Å². The van der Waals surface area contributed by atoms with Gasteiger partial charge in [0.05, 0.1) is 11.8 Å². The topological polar surface area (TPSA) is 46.0 Å². The molecule has 0 aliphatic rings. The number of aliphatic hydroxyl groups excluding tert-OH is 1. The van der Waals surface area contributed by atoms with Gasteiger partial charge in [0.1, 0.15) is 5.82 Å². The molecule has 0 aromatic carbocycles. The molecular formula is C13H20N2O. The molecule has 0 aliphatic heterocycles. The van der Waals surface area contributed by atoms with Crippen molar-refractivity contribution in [2.75, 3.05) is 0 Å². The minimum Gasteiger partial charge on any atom is -0.387 e. The van der Waals surface area contributed by atoms with Gasteiger partial charge in [-0.05, 0) is 32.3 Å². The van der Waals surface area contributed by atoms with Crippen LogP contribution in [0.25, 0.3) is 0 Å². The number of allylic oxidation sites excluding steroid dienone is 1. The van der Waals surface area contributed by atoms with Crippen LogP contribution in [-0.4, -0.2) is 15.1 Å². The van der Waals surface area contributed by atoms with Crippen molar-refractivity contribution < 1.29 is 5.11 Å². The van der Waals surface area contributed by atoms with Gasteiger partial charge in [-0.1, -0.05) is 18.9 Å². The highest BCUT2D eigenvalue weighted by molar-refractivity contribution is 5.04. The van der Waals surface area contributed by atoms with Gasteiger partial charge in [-0.3, -0.25) is 0 Å². The SMILES string of the molecule is C=CCCCCCC(O)c1ccnc(C)n1. The van der Waals surface area contributed by atoms with Gasteiger partial charge in [0.2, 0.25) is 0 Å². The number of aryl methyl sites for hydroxylation is 1. The van der Waals surface area contributed by atoms with Crippen molar-refractivity contribution in [2.24, 2.45) is 0 Å². The van der Waals surface area contributed by atoms with E-state index in [1.807, 2.05) is 13.0 Å². The second-order valence-corrected chi connectivity index (χ2v) is 3.97. The summed E-state index contributed by atoms with van der Waals surface area (Å²) in [5, 5.41) is 9.89. The lowest BCUT2D eigenvalue weighted by Crippen LogP contribution is -2.02. The lowest BCUT2D eigenvalue weighted by atomic mass is 10.1. The first-order chi connectivity index (χ1) is 7.74. The fourth-order valence-electron chi connectivity index (χ4n) is 1.61. The second-order valence-electron chi connectivity index (χ2n) is 3.97. The molecule has 1 aromatic heterocycles. The number of aromatic nitrogens is 2. The molecule has 0 spiro atoms. The Kier molecular flexibility index (Phi) is 5.72. The van der Waals surface area contributed by atoms with E-state index in [0.29, 0.717) is 5.82 Å². The van der Waals surface area contributed by atoms with Crippen molar-refractivity contribution in [3.63, 3.8) is 0 Å². The summed E-state index contributed by atoms with van der Waals surface area (Å²) >= 11 is 0. The van der Waals surface area contributed by atoms with Crippen LogP contribution in [0.3, 0.4) is 0 Å². The summed E-state index contributed by atoms with van der Waals surface area (Å²) in [5.74, 6) is 0.711. The Bertz CT molecular complexity index is 325. The van der Waals surface area contributed by atoms with Crippen LogP contribution < -0.4 is 0 Å². The van der Waals surface area contributed by atoms with Crippen molar-refractivity contribution >= 4 is 0 Å². The van der Waals surface area contributed by atoms with Gasteiger partial charge in [0.15, 0.2) is 0 Å². The Morgan fingerprint density at radius 2 is 2.25 bits per heavy atom. The molecule has 0 fully saturated rings. The number of nitrogens with zero attached hydrogens (tertiary/aromatic N) is 2. The standard InChI is InChI=1S/C13H20N2O/c1-3-4-5-6-7-8-13(16)12-9-10-14-11(2)15-12/h3,9-10,13,16H,1,4-8H2,2H3. The minimum absolute atomic E-state index is 0.453. The summed E-state index contributed by atoms with van der Waals surface area (Å²) in [6.07, 6.45) is 8.31. The van der Waals surface area contributed by atoms with Crippen molar-refractivity contribution in [1.29, 1.82) is 0 Å². The summed E-state index contributed by atoms with van der Waals surface area (Å²) in [4.78, 5) is 8.22. The Hall–Kier alpha value is -1.22. The molecule has 0 bridgehead atoms.